The summed E-state index contributed by atoms with van der Waals surface area (Å²) in [5.74, 6) is -1.32. The lowest BCUT2D eigenvalue weighted by molar-refractivity contribution is -0.139. The maximum Gasteiger partial charge on any atom is 0.415 e. The van der Waals surface area contributed by atoms with E-state index in [1.165, 1.54) is 0 Å². The van der Waals surface area contributed by atoms with Gasteiger partial charge in [0, 0.05) is 0 Å². The number of amides is 1. The van der Waals surface area contributed by atoms with Gasteiger partial charge in [0.2, 0.25) is 0 Å². The van der Waals surface area contributed by atoms with Crippen LogP contribution in [0, 0.1) is 0 Å². The Labute approximate surface area is 150 Å². The van der Waals surface area contributed by atoms with Gasteiger partial charge in [-0.05, 0) is 17.5 Å². The maximum atomic E-state index is 12.1. The fraction of sp³-hybridized carbons (Fsp3) is 0.176. The molecule has 9 heteroatoms. The minimum Gasteiger partial charge on any atom is -0.480 e. The fourth-order valence-corrected chi connectivity index (χ4v) is 3.16. The van der Waals surface area contributed by atoms with E-state index in [9.17, 15) is 24.2 Å². The SMILES string of the molecule is O=C(NP(=O)(O)N[C@H](Cc1ccccc1)C(=O)O)OCc1ccccc1. The summed E-state index contributed by atoms with van der Waals surface area (Å²) in [5.41, 5.74) is 1.37. The van der Waals surface area contributed by atoms with Crippen molar-refractivity contribution in [1.82, 2.24) is 10.2 Å². The van der Waals surface area contributed by atoms with Crippen LogP contribution in [0.25, 0.3) is 0 Å². The Morgan fingerprint density at radius 2 is 1.54 bits per heavy atom. The standard InChI is InChI=1S/C17H19N2O6P/c20-16(21)15(11-13-7-3-1-4-8-13)18-26(23,24)19-17(22)25-12-14-9-5-2-6-10-14/h1-10,15H,11-12H2,(H,20,21)(H3,18,19,22,23,24)/t15-/m1/s1. The smallest absolute Gasteiger partial charge is 0.415 e. The van der Waals surface area contributed by atoms with E-state index in [1.54, 1.807) is 65.8 Å². The molecule has 2 aromatic rings. The molecule has 0 heterocycles. The summed E-state index contributed by atoms with van der Waals surface area (Å²) >= 11 is 0. The van der Waals surface area contributed by atoms with Crippen molar-refractivity contribution in [1.29, 1.82) is 0 Å². The highest BCUT2D eigenvalue weighted by Crippen LogP contribution is 2.31. The molecule has 0 spiro atoms. The van der Waals surface area contributed by atoms with E-state index in [4.69, 9.17) is 4.74 Å². The highest BCUT2D eigenvalue weighted by Gasteiger charge is 2.30. The van der Waals surface area contributed by atoms with E-state index >= 15 is 0 Å². The maximum absolute atomic E-state index is 12.1. The number of hydrogen-bond donors (Lipinski definition) is 4. The van der Waals surface area contributed by atoms with E-state index in [0.29, 0.717) is 11.1 Å². The number of carbonyl (C=O) groups excluding carboxylic acids is 1. The number of nitrogens with one attached hydrogen (secondary N) is 2. The van der Waals surface area contributed by atoms with Crippen LogP contribution in [0.3, 0.4) is 0 Å². The zero-order valence-corrected chi connectivity index (χ0v) is 14.6. The zero-order chi connectivity index (χ0) is 19.0. The molecule has 0 fully saturated rings. The van der Waals surface area contributed by atoms with Crippen LogP contribution < -0.4 is 10.2 Å². The van der Waals surface area contributed by atoms with Gasteiger partial charge in [0.1, 0.15) is 12.6 Å². The second kappa shape index (κ2) is 9.15. The van der Waals surface area contributed by atoms with Crippen LogP contribution in [0.2, 0.25) is 0 Å². The lowest BCUT2D eigenvalue weighted by Crippen LogP contribution is -2.40. The number of rotatable bonds is 8. The van der Waals surface area contributed by atoms with Gasteiger partial charge in [0.05, 0.1) is 0 Å². The Kier molecular flexibility index (Phi) is 6.91. The number of ether oxygens (including phenoxy) is 1. The van der Waals surface area contributed by atoms with Gasteiger partial charge >= 0.3 is 19.7 Å². The normalized spacial score (nSPS) is 14.0. The first kappa shape index (κ1) is 19.7. The van der Waals surface area contributed by atoms with Crippen LogP contribution in [0.15, 0.2) is 60.7 Å². The number of aliphatic carboxylic acids is 1. The first-order valence-electron chi connectivity index (χ1n) is 7.72. The van der Waals surface area contributed by atoms with Gasteiger partial charge < -0.3 is 14.7 Å². The van der Waals surface area contributed by atoms with E-state index in [2.05, 4.69) is 5.09 Å². The molecule has 0 aromatic heterocycles. The van der Waals surface area contributed by atoms with Crippen LogP contribution >= 0.6 is 7.67 Å². The average Bonchev–Trinajstić information content (AvgIpc) is 2.60. The molecule has 0 aliphatic heterocycles. The number of carboxylic acids is 1. The Morgan fingerprint density at radius 3 is 2.08 bits per heavy atom. The molecule has 0 aliphatic rings. The van der Waals surface area contributed by atoms with Crippen LogP contribution in [-0.4, -0.2) is 28.1 Å². The summed E-state index contributed by atoms with van der Waals surface area (Å²) in [6, 6.07) is 16.0. The Balaban J connectivity index is 1.91. The molecule has 1 unspecified atom stereocenters. The predicted molar refractivity (Wildman–Crippen MR) is 94.3 cm³/mol. The first-order chi connectivity index (χ1) is 12.4. The molecule has 0 saturated carbocycles. The summed E-state index contributed by atoms with van der Waals surface area (Å²) < 4.78 is 17.0. The molecule has 0 bridgehead atoms. The third-order valence-electron chi connectivity index (χ3n) is 3.37. The fourth-order valence-electron chi connectivity index (χ4n) is 2.16. The molecule has 138 valence electrons. The third kappa shape index (κ3) is 6.68. The highest BCUT2D eigenvalue weighted by atomic mass is 31.2. The molecule has 4 N–H and O–H groups in total. The van der Waals surface area contributed by atoms with Crippen molar-refractivity contribution in [3.63, 3.8) is 0 Å². The topological polar surface area (TPSA) is 125 Å². The van der Waals surface area contributed by atoms with Crippen molar-refractivity contribution >= 4 is 19.7 Å². The van der Waals surface area contributed by atoms with Crippen LogP contribution in [0.5, 0.6) is 0 Å². The molecule has 1 amide bonds. The predicted octanol–water partition coefficient (Wildman–Crippen LogP) is 2.30. The van der Waals surface area contributed by atoms with Crippen LogP contribution in [0.4, 0.5) is 4.79 Å². The summed E-state index contributed by atoms with van der Waals surface area (Å²) in [5, 5.41) is 13.1. The molecule has 2 aromatic carbocycles. The van der Waals surface area contributed by atoms with Gasteiger partial charge in [-0.3, -0.25) is 4.79 Å². The van der Waals surface area contributed by atoms with Gasteiger partial charge in [0.25, 0.3) is 0 Å². The molecule has 0 radical (unpaired) electrons. The van der Waals surface area contributed by atoms with Gasteiger partial charge in [-0.25, -0.2) is 19.5 Å². The molecule has 2 rings (SSSR count). The van der Waals surface area contributed by atoms with Gasteiger partial charge in [-0.2, -0.15) is 0 Å². The zero-order valence-electron chi connectivity index (χ0n) is 13.7. The number of benzene rings is 2. The van der Waals surface area contributed by atoms with Crippen molar-refractivity contribution in [3.8, 4) is 0 Å². The highest BCUT2D eigenvalue weighted by molar-refractivity contribution is 7.54. The molecule has 0 aliphatic carbocycles. The minimum absolute atomic E-state index is 0.0263. The number of carbonyl (C=O) groups is 2. The Hall–Kier alpha value is -2.67. The number of carboxylic acid groups (broad SMARTS) is 1. The van der Waals surface area contributed by atoms with Crippen LogP contribution in [0.1, 0.15) is 11.1 Å². The van der Waals surface area contributed by atoms with Crippen LogP contribution in [-0.2, 0) is 27.1 Å². The molecular weight excluding hydrogens is 359 g/mol. The summed E-state index contributed by atoms with van der Waals surface area (Å²) in [6.45, 7) is -0.0843. The van der Waals surface area contributed by atoms with E-state index in [0.717, 1.165) is 0 Å². The van der Waals surface area contributed by atoms with Gasteiger partial charge in [0.15, 0.2) is 0 Å². The molecule has 0 saturated heterocycles. The lowest BCUT2D eigenvalue weighted by Gasteiger charge is -2.19. The second-order valence-electron chi connectivity index (χ2n) is 5.46. The van der Waals surface area contributed by atoms with Crippen molar-refractivity contribution < 1.29 is 28.9 Å². The lowest BCUT2D eigenvalue weighted by atomic mass is 10.1. The summed E-state index contributed by atoms with van der Waals surface area (Å²) in [4.78, 5) is 32.9. The van der Waals surface area contributed by atoms with Crippen molar-refractivity contribution in [3.05, 3.63) is 71.8 Å². The monoisotopic (exact) mass is 378 g/mol. The van der Waals surface area contributed by atoms with E-state index < -0.39 is 25.8 Å². The Bertz CT molecular complexity index is 784. The summed E-state index contributed by atoms with van der Waals surface area (Å²) in [6.07, 6.45) is -1.15. The van der Waals surface area contributed by atoms with Crippen molar-refractivity contribution in [2.75, 3.05) is 0 Å². The van der Waals surface area contributed by atoms with Gasteiger partial charge in [-0.1, -0.05) is 60.7 Å². The second-order valence-corrected chi connectivity index (χ2v) is 7.09. The minimum atomic E-state index is -4.47. The molecule has 8 nitrogen and oxygen atoms in total. The molecule has 26 heavy (non-hydrogen) atoms. The first-order valence-corrected chi connectivity index (χ1v) is 9.38. The Morgan fingerprint density at radius 1 is 1.00 bits per heavy atom. The number of hydrogen-bond acceptors (Lipinski definition) is 4. The quantitative estimate of drug-likeness (QED) is 0.520. The largest absolute Gasteiger partial charge is 0.480 e. The molecular formula is C17H19N2O6P. The molecule has 2 atom stereocenters. The van der Waals surface area contributed by atoms with Gasteiger partial charge in [-0.15, -0.1) is 0 Å². The van der Waals surface area contributed by atoms with E-state index in [1.807, 2.05) is 0 Å². The van der Waals surface area contributed by atoms with E-state index in [-0.39, 0.29) is 13.0 Å². The average molecular weight is 378 g/mol. The summed E-state index contributed by atoms with van der Waals surface area (Å²) in [7, 11) is -4.47. The van der Waals surface area contributed by atoms with Crippen molar-refractivity contribution in [2.45, 2.75) is 19.1 Å². The third-order valence-corrected chi connectivity index (χ3v) is 4.51. The van der Waals surface area contributed by atoms with Crippen molar-refractivity contribution in [2.24, 2.45) is 0 Å².